The fourth-order valence-electron chi connectivity index (χ4n) is 2.00. The molecule has 0 amide bonds. The number of aliphatic hydroxyl groups excluding tert-OH is 1. The van der Waals surface area contributed by atoms with Crippen molar-refractivity contribution in [1.29, 1.82) is 0 Å². The molecule has 0 saturated heterocycles. The molecule has 1 N–H and O–H groups in total. The smallest absolute Gasteiger partial charge is 0.130 e. The predicted octanol–water partition coefficient (Wildman–Crippen LogP) is 2.20. The van der Waals surface area contributed by atoms with E-state index in [0.29, 0.717) is 25.3 Å². The van der Waals surface area contributed by atoms with Crippen LogP contribution < -0.4 is 0 Å². The zero-order chi connectivity index (χ0) is 16.5. The summed E-state index contributed by atoms with van der Waals surface area (Å²) >= 11 is 0. The molecular weight excluding hydrogens is 292 g/mol. The first-order valence-corrected chi connectivity index (χ1v) is 7.37. The highest BCUT2D eigenvalue weighted by atomic mass is 19.1. The molecule has 0 fully saturated rings. The standard InChI is InChI=1S/C16H25F2NO3/c1-12(2)22-11-15(20)10-19(6-7-21-3)9-13-4-5-14(17)8-16(13)18/h4-5,8,12,15,20H,6-7,9-11H2,1-3H3/t15-/m0/s1. The van der Waals surface area contributed by atoms with E-state index in [-0.39, 0.29) is 19.3 Å². The average molecular weight is 317 g/mol. The molecule has 0 spiro atoms. The van der Waals surface area contributed by atoms with Gasteiger partial charge in [0.2, 0.25) is 0 Å². The van der Waals surface area contributed by atoms with Crippen molar-refractivity contribution >= 4 is 0 Å². The first kappa shape index (κ1) is 19.0. The van der Waals surface area contributed by atoms with Crippen molar-refractivity contribution in [1.82, 2.24) is 4.90 Å². The van der Waals surface area contributed by atoms with Gasteiger partial charge >= 0.3 is 0 Å². The Morgan fingerprint density at radius 2 is 2.00 bits per heavy atom. The minimum atomic E-state index is -0.678. The lowest BCUT2D eigenvalue weighted by atomic mass is 10.2. The molecule has 1 aromatic rings. The van der Waals surface area contributed by atoms with E-state index in [0.717, 1.165) is 6.07 Å². The van der Waals surface area contributed by atoms with Gasteiger partial charge in [-0.1, -0.05) is 6.07 Å². The van der Waals surface area contributed by atoms with Gasteiger partial charge in [-0.05, 0) is 19.9 Å². The van der Waals surface area contributed by atoms with Gasteiger partial charge < -0.3 is 14.6 Å². The molecule has 0 aliphatic heterocycles. The zero-order valence-corrected chi connectivity index (χ0v) is 13.4. The fraction of sp³-hybridized carbons (Fsp3) is 0.625. The van der Waals surface area contributed by atoms with E-state index >= 15 is 0 Å². The number of hydrogen-bond acceptors (Lipinski definition) is 4. The normalized spacial score (nSPS) is 13.1. The van der Waals surface area contributed by atoms with Crippen LogP contribution in [0.4, 0.5) is 8.78 Å². The third kappa shape index (κ3) is 7.26. The number of hydrogen-bond donors (Lipinski definition) is 1. The third-order valence-corrected chi connectivity index (χ3v) is 3.11. The summed E-state index contributed by atoms with van der Waals surface area (Å²) < 4.78 is 37.1. The van der Waals surface area contributed by atoms with E-state index in [1.165, 1.54) is 12.1 Å². The van der Waals surface area contributed by atoms with E-state index in [4.69, 9.17) is 9.47 Å². The van der Waals surface area contributed by atoms with E-state index < -0.39 is 17.7 Å². The van der Waals surface area contributed by atoms with Gasteiger partial charge in [0.05, 0.1) is 25.4 Å². The fourth-order valence-corrected chi connectivity index (χ4v) is 2.00. The van der Waals surface area contributed by atoms with Crippen molar-refractivity contribution in [2.45, 2.75) is 32.6 Å². The minimum absolute atomic E-state index is 0.0385. The van der Waals surface area contributed by atoms with Crippen LogP contribution in [0.15, 0.2) is 18.2 Å². The predicted molar refractivity (Wildman–Crippen MR) is 80.6 cm³/mol. The number of rotatable bonds is 10. The summed E-state index contributed by atoms with van der Waals surface area (Å²) in [6, 6.07) is 3.51. The Labute approximate surface area is 130 Å². The molecular formula is C16H25F2NO3. The SMILES string of the molecule is COCCN(Cc1ccc(F)cc1F)C[C@H](O)COC(C)C. The van der Waals surface area contributed by atoms with E-state index in [1.807, 2.05) is 18.7 Å². The molecule has 126 valence electrons. The molecule has 0 aliphatic carbocycles. The summed E-state index contributed by atoms with van der Waals surface area (Å²) in [6.45, 7) is 5.59. The van der Waals surface area contributed by atoms with Crippen molar-refractivity contribution in [2.75, 3.05) is 33.4 Å². The van der Waals surface area contributed by atoms with E-state index in [1.54, 1.807) is 7.11 Å². The molecule has 0 aromatic heterocycles. The Bertz CT molecular complexity index is 443. The maximum absolute atomic E-state index is 13.7. The van der Waals surface area contributed by atoms with E-state index in [9.17, 15) is 13.9 Å². The van der Waals surface area contributed by atoms with Crippen LogP contribution in [-0.4, -0.2) is 55.6 Å². The maximum atomic E-state index is 13.7. The van der Waals surface area contributed by atoms with Crippen LogP contribution in [0.3, 0.4) is 0 Å². The lowest BCUT2D eigenvalue weighted by Crippen LogP contribution is -2.37. The first-order chi connectivity index (χ1) is 10.4. The molecule has 0 unspecified atom stereocenters. The quantitative estimate of drug-likeness (QED) is 0.718. The highest BCUT2D eigenvalue weighted by Crippen LogP contribution is 2.12. The second kappa shape index (κ2) is 9.84. The second-order valence-corrected chi connectivity index (χ2v) is 5.50. The van der Waals surface area contributed by atoms with Crippen LogP contribution >= 0.6 is 0 Å². The molecule has 22 heavy (non-hydrogen) atoms. The molecule has 6 heteroatoms. The Morgan fingerprint density at radius 1 is 1.27 bits per heavy atom. The van der Waals surface area contributed by atoms with Crippen molar-refractivity contribution < 1.29 is 23.4 Å². The van der Waals surface area contributed by atoms with Crippen LogP contribution in [0.5, 0.6) is 0 Å². The van der Waals surface area contributed by atoms with Gasteiger partial charge in [0.25, 0.3) is 0 Å². The largest absolute Gasteiger partial charge is 0.389 e. The first-order valence-electron chi connectivity index (χ1n) is 7.37. The summed E-state index contributed by atoms with van der Waals surface area (Å²) in [4.78, 5) is 1.86. The van der Waals surface area contributed by atoms with Crippen molar-refractivity contribution in [3.05, 3.63) is 35.4 Å². The summed E-state index contributed by atoms with van der Waals surface area (Å²) in [5.74, 6) is -1.19. The van der Waals surface area contributed by atoms with Crippen LogP contribution in [0.1, 0.15) is 19.4 Å². The molecule has 1 rings (SSSR count). The number of halogens is 2. The lowest BCUT2D eigenvalue weighted by molar-refractivity contribution is -0.0122. The molecule has 0 radical (unpaired) electrons. The number of methoxy groups -OCH3 is 1. The maximum Gasteiger partial charge on any atom is 0.130 e. The molecule has 4 nitrogen and oxygen atoms in total. The van der Waals surface area contributed by atoms with Crippen LogP contribution in [-0.2, 0) is 16.0 Å². The van der Waals surface area contributed by atoms with Crippen molar-refractivity contribution in [2.24, 2.45) is 0 Å². The molecule has 0 bridgehead atoms. The molecule has 1 aromatic carbocycles. The van der Waals surface area contributed by atoms with Gasteiger partial charge in [-0.25, -0.2) is 8.78 Å². The van der Waals surface area contributed by atoms with Gasteiger partial charge in [0.1, 0.15) is 11.6 Å². The summed E-state index contributed by atoms with van der Waals surface area (Å²) in [7, 11) is 1.58. The Hall–Kier alpha value is -1.08. The number of nitrogens with zero attached hydrogens (tertiary/aromatic N) is 1. The molecule has 0 heterocycles. The molecule has 1 atom stereocenters. The second-order valence-electron chi connectivity index (χ2n) is 5.50. The summed E-state index contributed by atoms with van der Waals surface area (Å²) in [5, 5.41) is 10.00. The Morgan fingerprint density at radius 3 is 2.59 bits per heavy atom. The van der Waals surface area contributed by atoms with Crippen LogP contribution in [0.2, 0.25) is 0 Å². The van der Waals surface area contributed by atoms with Gasteiger partial charge in [0.15, 0.2) is 0 Å². The number of benzene rings is 1. The van der Waals surface area contributed by atoms with Gasteiger partial charge in [-0.15, -0.1) is 0 Å². The van der Waals surface area contributed by atoms with Crippen molar-refractivity contribution in [3.63, 3.8) is 0 Å². The Kier molecular flexibility index (Phi) is 8.48. The zero-order valence-electron chi connectivity index (χ0n) is 13.4. The van der Waals surface area contributed by atoms with Crippen molar-refractivity contribution in [3.8, 4) is 0 Å². The third-order valence-electron chi connectivity index (χ3n) is 3.11. The highest BCUT2D eigenvalue weighted by Gasteiger charge is 2.15. The van der Waals surface area contributed by atoms with Gasteiger partial charge in [0, 0.05) is 38.4 Å². The average Bonchev–Trinajstić information content (AvgIpc) is 2.45. The summed E-state index contributed by atoms with van der Waals surface area (Å²) in [5.41, 5.74) is 0.384. The highest BCUT2D eigenvalue weighted by molar-refractivity contribution is 5.18. The number of ether oxygens (including phenoxy) is 2. The van der Waals surface area contributed by atoms with Crippen LogP contribution in [0, 0.1) is 11.6 Å². The monoisotopic (exact) mass is 317 g/mol. The number of aliphatic hydroxyl groups is 1. The topological polar surface area (TPSA) is 41.9 Å². The molecule has 0 aliphatic rings. The minimum Gasteiger partial charge on any atom is -0.389 e. The lowest BCUT2D eigenvalue weighted by Gasteiger charge is -2.25. The Balaban J connectivity index is 2.63. The van der Waals surface area contributed by atoms with Gasteiger partial charge in [-0.2, -0.15) is 0 Å². The van der Waals surface area contributed by atoms with Crippen LogP contribution in [0.25, 0.3) is 0 Å². The van der Waals surface area contributed by atoms with E-state index in [2.05, 4.69) is 0 Å². The molecule has 0 saturated carbocycles. The summed E-state index contributed by atoms with van der Waals surface area (Å²) in [6.07, 6.45) is -0.639. The van der Waals surface area contributed by atoms with Gasteiger partial charge in [-0.3, -0.25) is 4.90 Å².